The summed E-state index contributed by atoms with van der Waals surface area (Å²) in [6.45, 7) is 0. The molecule has 4 heteroatoms. The van der Waals surface area contributed by atoms with Gasteiger partial charge in [-0.1, -0.05) is 23.5 Å². The van der Waals surface area contributed by atoms with Crippen molar-refractivity contribution in [3.05, 3.63) is 17.7 Å². The first-order valence-corrected chi connectivity index (χ1v) is 4.51. The highest BCUT2D eigenvalue weighted by Crippen LogP contribution is 2.17. The highest BCUT2D eigenvalue weighted by molar-refractivity contribution is 7.13. The first-order chi connectivity index (χ1) is 5.45. The second-order valence-electron chi connectivity index (χ2n) is 2.53. The monoisotopic (exact) mass is 167 g/mol. The Morgan fingerprint density at radius 3 is 2.91 bits per heavy atom. The van der Waals surface area contributed by atoms with Crippen molar-refractivity contribution in [2.75, 3.05) is 5.32 Å². The predicted molar refractivity (Wildman–Crippen MR) is 45.7 cm³/mol. The Labute approximate surface area is 69.2 Å². The maximum absolute atomic E-state index is 3.91. The molecule has 0 fully saturated rings. The van der Waals surface area contributed by atoms with Crippen molar-refractivity contribution in [2.24, 2.45) is 0 Å². The van der Waals surface area contributed by atoms with Gasteiger partial charge in [0.2, 0.25) is 5.13 Å². The summed E-state index contributed by atoms with van der Waals surface area (Å²) in [5, 5.41) is 11.9. The standard InChI is InChI=1S/C7H9N3S/c1-2-4-6(3-1)9-7-10-8-5-11-7/h1-2,5-6H,3-4H2,(H,9,10). The van der Waals surface area contributed by atoms with Crippen molar-refractivity contribution in [1.82, 2.24) is 10.2 Å². The second-order valence-corrected chi connectivity index (χ2v) is 3.36. The molecule has 0 bridgehead atoms. The molecule has 58 valence electrons. The lowest BCUT2D eigenvalue weighted by molar-refractivity contribution is 0.782. The molecule has 2 rings (SSSR count). The molecule has 0 atom stereocenters. The van der Waals surface area contributed by atoms with Crippen LogP contribution in [0.15, 0.2) is 17.7 Å². The normalized spacial score (nSPS) is 17.5. The molecule has 0 aliphatic heterocycles. The molecule has 0 radical (unpaired) electrons. The van der Waals surface area contributed by atoms with Crippen molar-refractivity contribution < 1.29 is 0 Å². The van der Waals surface area contributed by atoms with E-state index in [1.807, 2.05) is 0 Å². The van der Waals surface area contributed by atoms with Crippen molar-refractivity contribution in [2.45, 2.75) is 18.9 Å². The van der Waals surface area contributed by atoms with E-state index < -0.39 is 0 Å². The average molecular weight is 167 g/mol. The van der Waals surface area contributed by atoms with Crippen LogP contribution in [-0.2, 0) is 0 Å². The van der Waals surface area contributed by atoms with E-state index in [1.54, 1.807) is 16.8 Å². The topological polar surface area (TPSA) is 37.8 Å². The first kappa shape index (κ1) is 6.79. The van der Waals surface area contributed by atoms with E-state index in [0.29, 0.717) is 6.04 Å². The molecule has 0 saturated carbocycles. The third-order valence-corrected chi connectivity index (χ3v) is 2.32. The lowest BCUT2D eigenvalue weighted by Gasteiger charge is -2.08. The smallest absolute Gasteiger partial charge is 0.205 e. The fourth-order valence-corrected chi connectivity index (χ4v) is 1.67. The molecular formula is C7H9N3S. The summed E-state index contributed by atoms with van der Waals surface area (Å²) in [7, 11) is 0. The summed E-state index contributed by atoms with van der Waals surface area (Å²) in [4.78, 5) is 0. The Hall–Kier alpha value is -0.900. The zero-order valence-corrected chi connectivity index (χ0v) is 6.84. The quantitative estimate of drug-likeness (QED) is 0.681. The van der Waals surface area contributed by atoms with Crippen LogP contribution in [0.4, 0.5) is 5.13 Å². The first-order valence-electron chi connectivity index (χ1n) is 3.63. The van der Waals surface area contributed by atoms with Crippen molar-refractivity contribution >= 4 is 16.5 Å². The number of aromatic nitrogens is 2. The number of nitrogens with one attached hydrogen (secondary N) is 1. The number of anilines is 1. The maximum atomic E-state index is 3.91. The molecular weight excluding hydrogens is 158 g/mol. The zero-order valence-electron chi connectivity index (χ0n) is 6.03. The fourth-order valence-electron chi connectivity index (χ4n) is 1.15. The minimum absolute atomic E-state index is 0.544. The largest absolute Gasteiger partial charge is 0.357 e. The van der Waals surface area contributed by atoms with Gasteiger partial charge in [-0.25, -0.2) is 0 Å². The summed E-state index contributed by atoms with van der Waals surface area (Å²) in [6, 6.07) is 0.544. The van der Waals surface area contributed by atoms with Gasteiger partial charge in [0.25, 0.3) is 0 Å². The van der Waals surface area contributed by atoms with Gasteiger partial charge in [0.1, 0.15) is 5.51 Å². The van der Waals surface area contributed by atoms with E-state index in [-0.39, 0.29) is 0 Å². The molecule has 1 heterocycles. The highest BCUT2D eigenvalue weighted by Gasteiger charge is 2.10. The van der Waals surface area contributed by atoms with Gasteiger partial charge < -0.3 is 5.32 Å². The van der Waals surface area contributed by atoms with Crippen LogP contribution in [0, 0.1) is 0 Å². The summed E-state index contributed by atoms with van der Waals surface area (Å²) in [5.74, 6) is 0. The molecule has 1 aliphatic rings. The summed E-state index contributed by atoms with van der Waals surface area (Å²) in [5.41, 5.74) is 1.74. The second kappa shape index (κ2) is 3.00. The molecule has 1 N–H and O–H groups in total. The Morgan fingerprint density at radius 2 is 2.27 bits per heavy atom. The number of rotatable bonds is 2. The number of hydrogen-bond donors (Lipinski definition) is 1. The molecule has 0 saturated heterocycles. The molecule has 0 unspecified atom stereocenters. The summed E-state index contributed by atoms with van der Waals surface area (Å²) in [6.07, 6.45) is 6.61. The van der Waals surface area contributed by atoms with Crippen LogP contribution in [0.5, 0.6) is 0 Å². The van der Waals surface area contributed by atoms with Crippen LogP contribution < -0.4 is 5.32 Å². The highest BCUT2D eigenvalue weighted by atomic mass is 32.1. The molecule has 0 amide bonds. The van der Waals surface area contributed by atoms with E-state index >= 15 is 0 Å². The van der Waals surface area contributed by atoms with Gasteiger partial charge in [0.05, 0.1) is 0 Å². The van der Waals surface area contributed by atoms with E-state index in [9.17, 15) is 0 Å². The zero-order chi connectivity index (χ0) is 7.52. The third kappa shape index (κ3) is 1.57. The average Bonchev–Trinajstić information content (AvgIpc) is 2.60. The van der Waals surface area contributed by atoms with E-state index in [1.165, 1.54) is 0 Å². The van der Waals surface area contributed by atoms with Crippen LogP contribution in [0.1, 0.15) is 12.8 Å². The van der Waals surface area contributed by atoms with Crippen molar-refractivity contribution in [1.29, 1.82) is 0 Å². The molecule has 0 spiro atoms. The molecule has 1 aromatic heterocycles. The lowest BCUT2D eigenvalue weighted by Crippen LogP contribution is -2.14. The van der Waals surface area contributed by atoms with Gasteiger partial charge in [-0.15, -0.1) is 10.2 Å². The Bertz CT molecular complexity index is 234. The van der Waals surface area contributed by atoms with Crippen molar-refractivity contribution in [3.63, 3.8) is 0 Å². The van der Waals surface area contributed by atoms with Gasteiger partial charge in [0, 0.05) is 6.04 Å². The predicted octanol–water partition coefficient (Wildman–Crippen LogP) is 1.67. The maximum Gasteiger partial charge on any atom is 0.205 e. The van der Waals surface area contributed by atoms with Crippen LogP contribution in [0.3, 0.4) is 0 Å². The Balaban J connectivity index is 1.91. The Morgan fingerprint density at radius 1 is 1.45 bits per heavy atom. The molecule has 3 nitrogen and oxygen atoms in total. The third-order valence-electron chi connectivity index (χ3n) is 1.70. The minimum Gasteiger partial charge on any atom is -0.357 e. The Kier molecular flexibility index (Phi) is 1.85. The number of hydrogen-bond acceptors (Lipinski definition) is 4. The molecule has 11 heavy (non-hydrogen) atoms. The lowest BCUT2D eigenvalue weighted by atomic mass is 10.2. The van der Waals surface area contributed by atoms with E-state index in [2.05, 4.69) is 27.7 Å². The van der Waals surface area contributed by atoms with Crippen LogP contribution in [0.2, 0.25) is 0 Å². The summed E-state index contributed by atoms with van der Waals surface area (Å²) >= 11 is 1.55. The molecule has 0 aromatic carbocycles. The molecule has 1 aliphatic carbocycles. The van der Waals surface area contributed by atoms with E-state index in [0.717, 1.165) is 18.0 Å². The fraction of sp³-hybridized carbons (Fsp3) is 0.429. The van der Waals surface area contributed by atoms with Crippen LogP contribution >= 0.6 is 11.3 Å². The van der Waals surface area contributed by atoms with Crippen LogP contribution in [0.25, 0.3) is 0 Å². The number of nitrogens with zero attached hydrogens (tertiary/aromatic N) is 2. The van der Waals surface area contributed by atoms with Gasteiger partial charge in [-0.3, -0.25) is 0 Å². The van der Waals surface area contributed by atoms with Crippen molar-refractivity contribution in [3.8, 4) is 0 Å². The van der Waals surface area contributed by atoms with Gasteiger partial charge in [-0.2, -0.15) is 0 Å². The minimum atomic E-state index is 0.544. The van der Waals surface area contributed by atoms with E-state index in [4.69, 9.17) is 0 Å². The van der Waals surface area contributed by atoms with Gasteiger partial charge in [0.15, 0.2) is 0 Å². The van der Waals surface area contributed by atoms with Gasteiger partial charge in [-0.05, 0) is 12.8 Å². The molecule has 1 aromatic rings. The SMILES string of the molecule is C1=CCC(Nc2nncs2)C1. The van der Waals surface area contributed by atoms with Gasteiger partial charge >= 0.3 is 0 Å². The summed E-state index contributed by atoms with van der Waals surface area (Å²) < 4.78 is 0. The van der Waals surface area contributed by atoms with Crippen LogP contribution in [-0.4, -0.2) is 16.2 Å².